The Hall–Kier alpha value is -1.89. The third-order valence-corrected chi connectivity index (χ3v) is 4.60. The number of piperazine rings is 1. The predicted molar refractivity (Wildman–Crippen MR) is 89.1 cm³/mol. The Bertz CT molecular complexity index is 551. The van der Waals surface area contributed by atoms with E-state index in [9.17, 15) is 4.79 Å². The number of hydrogen-bond donors (Lipinski definition) is 1. The van der Waals surface area contributed by atoms with Crippen molar-refractivity contribution >= 4 is 17.7 Å². The minimum Gasteiger partial charge on any atom is -0.464 e. The maximum atomic E-state index is 12.0. The molecule has 2 fully saturated rings. The van der Waals surface area contributed by atoms with Gasteiger partial charge in [-0.1, -0.05) is 6.92 Å². The number of aromatic nitrogens is 2. The number of ether oxygens (including phenoxy) is 1. The monoisotopic (exact) mass is 319 g/mol. The van der Waals surface area contributed by atoms with E-state index in [0.29, 0.717) is 11.6 Å². The van der Waals surface area contributed by atoms with Gasteiger partial charge in [0.05, 0.1) is 7.11 Å². The van der Waals surface area contributed by atoms with Crippen molar-refractivity contribution in [3.63, 3.8) is 0 Å². The molecule has 0 spiro atoms. The summed E-state index contributed by atoms with van der Waals surface area (Å²) < 4.78 is 4.86. The molecule has 7 nitrogen and oxygen atoms in total. The summed E-state index contributed by atoms with van der Waals surface area (Å²) in [4.78, 5) is 25.5. The van der Waals surface area contributed by atoms with Gasteiger partial charge in [-0.15, -0.1) is 0 Å². The van der Waals surface area contributed by atoms with Crippen molar-refractivity contribution in [3.8, 4) is 0 Å². The van der Waals surface area contributed by atoms with Crippen LogP contribution in [0.25, 0.3) is 0 Å². The largest absolute Gasteiger partial charge is 0.464 e. The van der Waals surface area contributed by atoms with Crippen LogP contribution in [-0.4, -0.2) is 62.3 Å². The highest BCUT2D eigenvalue weighted by molar-refractivity contribution is 5.88. The molecular weight excluding hydrogens is 294 g/mol. The lowest BCUT2D eigenvalue weighted by molar-refractivity contribution is 0.0594. The number of carbonyl (C=O) groups excluding carboxylic acids is 1. The molecular formula is C16H25N5O2. The standard InChI is InChI=1S/C16H25N5O2/c1-12-3-7-21(8-4-12)16-18-13(15(22)23-2)11-14(19-16)20-9-5-17-6-10-20/h11-12,17H,3-10H2,1-2H3. The average Bonchev–Trinajstić information content (AvgIpc) is 2.62. The number of hydrogen-bond acceptors (Lipinski definition) is 7. The van der Waals surface area contributed by atoms with Crippen molar-refractivity contribution in [1.29, 1.82) is 0 Å². The first-order valence-electron chi connectivity index (χ1n) is 8.35. The molecule has 0 aromatic carbocycles. The summed E-state index contributed by atoms with van der Waals surface area (Å²) in [5.74, 6) is 1.79. The van der Waals surface area contributed by atoms with Crippen molar-refractivity contribution in [3.05, 3.63) is 11.8 Å². The van der Waals surface area contributed by atoms with Crippen LogP contribution >= 0.6 is 0 Å². The van der Waals surface area contributed by atoms with Gasteiger partial charge in [-0.05, 0) is 18.8 Å². The molecule has 126 valence electrons. The Morgan fingerprint density at radius 1 is 1.17 bits per heavy atom. The second-order valence-corrected chi connectivity index (χ2v) is 6.31. The summed E-state index contributed by atoms with van der Waals surface area (Å²) in [6.07, 6.45) is 2.27. The lowest BCUT2D eigenvalue weighted by Gasteiger charge is -2.32. The number of anilines is 2. The van der Waals surface area contributed by atoms with E-state index in [0.717, 1.165) is 63.8 Å². The van der Waals surface area contributed by atoms with Gasteiger partial charge < -0.3 is 19.9 Å². The van der Waals surface area contributed by atoms with E-state index in [1.54, 1.807) is 6.07 Å². The van der Waals surface area contributed by atoms with Crippen molar-refractivity contribution in [2.24, 2.45) is 5.92 Å². The lowest BCUT2D eigenvalue weighted by Crippen LogP contribution is -2.44. The quantitative estimate of drug-likeness (QED) is 0.830. The number of piperidine rings is 1. The van der Waals surface area contributed by atoms with E-state index >= 15 is 0 Å². The topological polar surface area (TPSA) is 70.6 Å². The van der Waals surface area contributed by atoms with Gasteiger partial charge in [-0.3, -0.25) is 0 Å². The van der Waals surface area contributed by atoms with E-state index in [4.69, 9.17) is 9.72 Å². The third kappa shape index (κ3) is 3.72. The molecule has 7 heteroatoms. The zero-order chi connectivity index (χ0) is 16.2. The summed E-state index contributed by atoms with van der Waals surface area (Å²) in [6.45, 7) is 7.76. The molecule has 3 rings (SSSR count). The van der Waals surface area contributed by atoms with E-state index in [1.165, 1.54) is 7.11 Å². The van der Waals surface area contributed by atoms with Crippen LogP contribution in [0.4, 0.5) is 11.8 Å². The van der Waals surface area contributed by atoms with Crippen LogP contribution in [0.1, 0.15) is 30.3 Å². The van der Waals surface area contributed by atoms with Gasteiger partial charge in [0.1, 0.15) is 5.82 Å². The van der Waals surface area contributed by atoms with Crippen LogP contribution in [0.3, 0.4) is 0 Å². The summed E-state index contributed by atoms with van der Waals surface area (Å²) in [7, 11) is 1.39. The number of carbonyl (C=O) groups is 1. The van der Waals surface area contributed by atoms with Gasteiger partial charge in [0.2, 0.25) is 5.95 Å². The minimum absolute atomic E-state index is 0.338. The molecule has 0 aliphatic carbocycles. The van der Waals surface area contributed by atoms with Crippen molar-refractivity contribution in [2.45, 2.75) is 19.8 Å². The van der Waals surface area contributed by atoms with Gasteiger partial charge in [0.15, 0.2) is 5.69 Å². The number of nitrogens with one attached hydrogen (secondary N) is 1. The molecule has 1 aromatic heterocycles. The second-order valence-electron chi connectivity index (χ2n) is 6.31. The van der Waals surface area contributed by atoms with Gasteiger partial charge in [0, 0.05) is 45.3 Å². The first-order chi connectivity index (χ1) is 11.2. The SMILES string of the molecule is COC(=O)c1cc(N2CCNCC2)nc(N2CCC(C)CC2)n1. The fourth-order valence-electron chi connectivity index (χ4n) is 3.04. The van der Waals surface area contributed by atoms with E-state index in [2.05, 4.69) is 27.0 Å². The number of rotatable bonds is 3. The van der Waals surface area contributed by atoms with Crippen molar-refractivity contribution in [2.75, 3.05) is 56.2 Å². The summed E-state index contributed by atoms with van der Waals surface area (Å²) in [5.41, 5.74) is 0.338. The van der Waals surface area contributed by atoms with E-state index in [1.807, 2.05) is 0 Å². The summed E-state index contributed by atoms with van der Waals surface area (Å²) in [5, 5.41) is 3.33. The Morgan fingerprint density at radius 2 is 1.87 bits per heavy atom. The molecule has 2 saturated heterocycles. The second kappa shape index (κ2) is 7.12. The number of methoxy groups -OCH3 is 1. The molecule has 1 N–H and O–H groups in total. The first-order valence-corrected chi connectivity index (χ1v) is 8.35. The fraction of sp³-hybridized carbons (Fsp3) is 0.688. The Balaban J connectivity index is 1.89. The normalized spacial score (nSPS) is 19.7. The molecule has 0 saturated carbocycles. The molecule has 0 bridgehead atoms. The van der Waals surface area contributed by atoms with Crippen LogP contribution in [0.2, 0.25) is 0 Å². The molecule has 0 amide bonds. The van der Waals surface area contributed by atoms with Crippen LogP contribution in [-0.2, 0) is 4.74 Å². The molecule has 23 heavy (non-hydrogen) atoms. The lowest BCUT2D eigenvalue weighted by atomic mass is 10.00. The van der Waals surface area contributed by atoms with Crippen LogP contribution in [0.15, 0.2) is 6.07 Å². The van der Waals surface area contributed by atoms with Gasteiger partial charge in [-0.2, -0.15) is 4.98 Å². The van der Waals surface area contributed by atoms with Crippen molar-refractivity contribution in [1.82, 2.24) is 15.3 Å². The summed E-state index contributed by atoms with van der Waals surface area (Å²) in [6, 6.07) is 1.74. The van der Waals surface area contributed by atoms with Crippen molar-refractivity contribution < 1.29 is 9.53 Å². The molecule has 1 aromatic rings. The zero-order valence-electron chi connectivity index (χ0n) is 13.9. The van der Waals surface area contributed by atoms with E-state index in [-0.39, 0.29) is 0 Å². The number of nitrogens with zero attached hydrogens (tertiary/aromatic N) is 4. The molecule has 0 unspecified atom stereocenters. The van der Waals surface area contributed by atoms with Crippen LogP contribution < -0.4 is 15.1 Å². The first kappa shape index (κ1) is 16.0. The van der Waals surface area contributed by atoms with Crippen LogP contribution in [0, 0.1) is 5.92 Å². The predicted octanol–water partition coefficient (Wildman–Crippen LogP) is 0.909. The molecule has 0 atom stereocenters. The Morgan fingerprint density at radius 3 is 2.52 bits per heavy atom. The zero-order valence-corrected chi connectivity index (χ0v) is 13.9. The number of esters is 1. The van der Waals surface area contributed by atoms with Crippen LogP contribution in [0.5, 0.6) is 0 Å². The van der Waals surface area contributed by atoms with E-state index < -0.39 is 5.97 Å². The highest BCUT2D eigenvalue weighted by Gasteiger charge is 2.23. The molecule has 2 aliphatic rings. The third-order valence-electron chi connectivity index (χ3n) is 4.60. The molecule has 0 radical (unpaired) electrons. The maximum Gasteiger partial charge on any atom is 0.356 e. The van der Waals surface area contributed by atoms with Gasteiger partial charge in [-0.25, -0.2) is 9.78 Å². The fourth-order valence-corrected chi connectivity index (χ4v) is 3.04. The van der Waals surface area contributed by atoms with Gasteiger partial charge in [0.25, 0.3) is 0 Å². The summed E-state index contributed by atoms with van der Waals surface area (Å²) >= 11 is 0. The Labute approximate surface area is 137 Å². The smallest absolute Gasteiger partial charge is 0.356 e. The minimum atomic E-state index is -0.407. The molecule has 3 heterocycles. The average molecular weight is 319 g/mol. The van der Waals surface area contributed by atoms with Gasteiger partial charge >= 0.3 is 5.97 Å². The maximum absolute atomic E-state index is 12.0. The Kier molecular flexibility index (Phi) is 4.95. The highest BCUT2D eigenvalue weighted by atomic mass is 16.5. The highest BCUT2D eigenvalue weighted by Crippen LogP contribution is 2.23. The molecule has 2 aliphatic heterocycles.